The zero-order chi connectivity index (χ0) is 23.6. The minimum absolute atomic E-state index is 0.170. The van der Waals surface area contributed by atoms with Crippen LogP contribution in [-0.2, 0) is 4.74 Å². The van der Waals surface area contributed by atoms with E-state index in [9.17, 15) is 10.2 Å². The number of hydrogen-bond acceptors (Lipinski definition) is 3. The molecule has 4 aliphatic rings. The zero-order valence-corrected chi connectivity index (χ0v) is 21.8. The third-order valence-corrected chi connectivity index (χ3v) is 10.5. The fourth-order valence-corrected chi connectivity index (χ4v) is 7.89. The maximum Gasteiger partial charge on any atom is 0.0658 e. The first-order valence-electron chi connectivity index (χ1n) is 14.2. The molecule has 0 amide bonds. The average molecular weight is 459 g/mol. The van der Waals surface area contributed by atoms with Crippen LogP contribution in [0.2, 0.25) is 0 Å². The van der Waals surface area contributed by atoms with Crippen molar-refractivity contribution >= 4 is 0 Å². The maximum absolute atomic E-state index is 10.6. The van der Waals surface area contributed by atoms with Crippen molar-refractivity contribution in [2.45, 2.75) is 129 Å². The Kier molecular flexibility index (Phi) is 8.13. The second-order valence-electron chi connectivity index (χ2n) is 12.2. The summed E-state index contributed by atoms with van der Waals surface area (Å²) in [5.41, 5.74) is 3.02. The summed E-state index contributed by atoms with van der Waals surface area (Å²) in [5.74, 6) is 2.18. The van der Waals surface area contributed by atoms with Gasteiger partial charge in [-0.15, -0.1) is 0 Å². The second-order valence-corrected chi connectivity index (χ2v) is 12.2. The molecule has 6 atom stereocenters. The monoisotopic (exact) mass is 458 g/mol. The van der Waals surface area contributed by atoms with Crippen LogP contribution in [-0.4, -0.2) is 35.1 Å². The molecule has 4 saturated carbocycles. The number of fused-ring (bicyclic) bond motifs is 1. The summed E-state index contributed by atoms with van der Waals surface area (Å²) in [6.45, 7) is 10.4. The largest absolute Gasteiger partial charge is 0.392 e. The predicted molar refractivity (Wildman–Crippen MR) is 136 cm³/mol. The van der Waals surface area contributed by atoms with Gasteiger partial charge in [-0.05, 0) is 101 Å². The molecule has 1 unspecified atom stereocenters. The van der Waals surface area contributed by atoms with Gasteiger partial charge in [-0.1, -0.05) is 56.9 Å². The van der Waals surface area contributed by atoms with Crippen LogP contribution in [0.3, 0.4) is 0 Å². The SMILES string of the molecule is CCC(CC)CCCO[C@H](C)[C@H]1CCC2/C(=C/C=C3C[C@@H](O)C4(CC4)[C@H](O)C3)CCC[C@@]21C. The Labute approximate surface area is 203 Å². The van der Waals surface area contributed by atoms with Crippen molar-refractivity contribution in [3.63, 3.8) is 0 Å². The number of rotatable bonds is 9. The van der Waals surface area contributed by atoms with Gasteiger partial charge in [0.05, 0.1) is 18.3 Å². The molecule has 188 valence electrons. The van der Waals surface area contributed by atoms with Gasteiger partial charge in [-0.25, -0.2) is 0 Å². The lowest BCUT2D eigenvalue weighted by molar-refractivity contribution is -0.0269. The smallest absolute Gasteiger partial charge is 0.0658 e. The van der Waals surface area contributed by atoms with Crippen molar-refractivity contribution in [1.82, 2.24) is 0 Å². The lowest BCUT2D eigenvalue weighted by Crippen LogP contribution is -2.39. The van der Waals surface area contributed by atoms with Gasteiger partial charge in [0.2, 0.25) is 0 Å². The van der Waals surface area contributed by atoms with Gasteiger partial charge >= 0.3 is 0 Å². The second kappa shape index (κ2) is 10.5. The lowest BCUT2D eigenvalue weighted by Gasteiger charge is -2.44. The number of hydrogen-bond donors (Lipinski definition) is 2. The van der Waals surface area contributed by atoms with E-state index in [-0.39, 0.29) is 17.6 Å². The van der Waals surface area contributed by atoms with Crippen molar-refractivity contribution in [2.75, 3.05) is 6.61 Å². The molecule has 1 spiro atoms. The van der Waals surface area contributed by atoms with E-state index in [0.717, 1.165) is 38.2 Å². The van der Waals surface area contributed by atoms with E-state index >= 15 is 0 Å². The molecule has 0 aromatic rings. The highest BCUT2D eigenvalue weighted by atomic mass is 16.5. The maximum atomic E-state index is 10.6. The van der Waals surface area contributed by atoms with E-state index in [2.05, 4.69) is 39.8 Å². The highest BCUT2D eigenvalue weighted by molar-refractivity contribution is 5.28. The quantitative estimate of drug-likeness (QED) is 0.367. The first kappa shape index (κ1) is 25.5. The molecule has 4 aliphatic carbocycles. The molecule has 0 aliphatic heterocycles. The van der Waals surface area contributed by atoms with Crippen LogP contribution in [0.5, 0.6) is 0 Å². The zero-order valence-electron chi connectivity index (χ0n) is 21.8. The predicted octanol–water partition coefficient (Wildman–Crippen LogP) is 6.97. The summed E-state index contributed by atoms with van der Waals surface area (Å²) in [6, 6.07) is 0. The molecule has 0 aromatic carbocycles. The molecule has 3 heteroatoms. The van der Waals surface area contributed by atoms with Gasteiger partial charge < -0.3 is 14.9 Å². The third kappa shape index (κ3) is 5.16. The number of ether oxygens (including phenoxy) is 1. The minimum atomic E-state index is -0.360. The van der Waals surface area contributed by atoms with E-state index in [1.54, 1.807) is 5.57 Å². The Morgan fingerprint density at radius 1 is 1.03 bits per heavy atom. The molecular formula is C30H50O3. The topological polar surface area (TPSA) is 49.7 Å². The van der Waals surface area contributed by atoms with Gasteiger partial charge in [-0.2, -0.15) is 0 Å². The minimum Gasteiger partial charge on any atom is -0.392 e. The summed E-state index contributed by atoms with van der Waals surface area (Å²) >= 11 is 0. The van der Waals surface area contributed by atoms with Crippen LogP contribution in [0, 0.1) is 28.6 Å². The first-order chi connectivity index (χ1) is 15.8. The molecule has 4 fully saturated rings. The third-order valence-electron chi connectivity index (χ3n) is 10.5. The van der Waals surface area contributed by atoms with E-state index in [1.807, 2.05) is 0 Å². The molecule has 0 radical (unpaired) electrons. The highest BCUT2D eigenvalue weighted by Gasteiger charge is 2.56. The Balaban J connectivity index is 1.35. The van der Waals surface area contributed by atoms with E-state index in [1.165, 1.54) is 63.4 Å². The Morgan fingerprint density at radius 3 is 2.36 bits per heavy atom. The van der Waals surface area contributed by atoms with Crippen LogP contribution in [0.25, 0.3) is 0 Å². The fourth-order valence-electron chi connectivity index (χ4n) is 7.89. The van der Waals surface area contributed by atoms with Gasteiger partial charge in [0, 0.05) is 12.0 Å². The molecule has 0 bridgehead atoms. The normalized spacial score (nSPS) is 37.5. The van der Waals surface area contributed by atoms with Crippen molar-refractivity contribution in [1.29, 1.82) is 0 Å². The van der Waals surface area contributed by atoms with Gasteiger partial charge in [0.15, 0.2) is 0 Å². The lowest BCUT2D eigenvalue weighted by atomic mass is 9.62. The molecule has 0 aromatic heterocycles. The molecule has 4 rings (SSSR count). The van der Waals surface area contributed by atoms with Crippen LogP contribution < -0.4 is 0 Å². The molecule has 0 saturated heterocycles. The molecule has 0 heterocycles. The summed E-state index contributed by atoms with van der Waals surface area (Å²) in [5, 5.41) is 21.2. The standard InChI is InChI=1S/C30H50O3/c1-5-22(6-2)9-8-18-33-21(3)25-13-14-26-24(10-7-15-29(25,26)4)12-11-23-19-27(31)30(16-17-30)28(32)20-23/h11-12,21-22,25-28,31-32H,5-10,13-20H2,1-4H3/b24-12+/t21-,25-,26?,27-,28-,29-/m1/s1. The highest BCUT2D eigenvalue weighted by Crippen LogP contribution is 2.59. The van der Waals surface area contributed by atoms with Crippen LogP contribution in [0.15, 0.2) is 23.3 Å². The van der Waals surface area contributed by atoms with Crippen molar-refractivity contribution < 1.29 is 14.9 Å². The van der Waals surface area contributed by atoms with Gasteiger partial charge in [0.25, 0.3) is 0 Å². The summed E-state index contributed by atoms with van der Waals surface area (Å²) in [7, 11) is 0. The Bertz CT molecular complexity index is 700. The van der Waals surface area contributed by atoms with Crippen LogP contribution in [0.1, 0.15) is 111 Å². The summed E-state index contributed by atoms with van der Waals surface area (Å²) in [4.78, 5) is 0. The average Bonchev–Trinajstić information content (AvgIpc) is 3.52. The van der Waals surface area contributed by atoms with Crippen LogP contribution in [0.4, 0.5) is 0 Å². The Morgan fingerprint density at radius 2 is 1.73 bits per heavy atom. The molecule has 3 nitrogen and oxygen atoms in total. The molecule has 33 heavy (non-hydrogen) atoms. The summed E-state index contributed by atoms with van der Waals surface area (Å²) < 4.78 is 6.43. The summed E-state index contributed by atoms with van der Waals surface area (Å²) in [6.07, 6.45) is 19.2. The number of allylic oxidation sites excluding steroid dienone is 3. The fraction of sp³-hybridized carbons (Fsp3) is 0.867. The molecule has 2 N–H and O–H groups in total. The van der Waals surface area contributed by atoms with E-state index in [0.29, 0.717) is 23.4 Å². The first-order valence-corrected chi connectivity index (χ1v) is 14.2. The Hall–Kier alpha value is -0.640. The van der Waals surface area contributed by atoms with Crippen LogP contribution >= 0.6 is 0 Å². The van der Waals surface area contributed by atoms with Gasteiger partial charge in [0.1, 0.15) is 0 Å². The van der Waals surface area contributed by atoms with Crippen molar-refractivity contribution in [2.24, 2.45) is 28.6 Å². The van der Waals surface area contributed by atoms with Gasteiger partial charge in [-0.3, -0.25) is 0 Å². The number of aliphatic hydroxyl groups is 2. The van der Waals surface area contributed by atoms with Crippen molar-refractivity contribution in [3.8, 4) is 0 Å². The van der Waals surface area contributed by atoms with E-state index in [4.69, 9.17) is 4.74 Å². The number of aliphatic hydroxyl groups excluding tert-OH is 2. The molecular weight excluding hydrogens is 408 g/mol. The van der Waals surface area contributed by atoms with E-state index < -0.39 is 0 Å². The van der Waals surface area contributed by atoms with Crippen molar-refractivity contribution in [3.05, 3.63) is 23.3 Å².